The normalized spacial score (nSPS) is 9.62. The largest absolute Gasteiger partial charge is 0.493 e. The fourth-order valence-corrected chi connectivity index (χ4v) is 2.18. The zero-order valence-corrected chi connectivity index (χ0v) is 16.0. The molecule has 26 heavy (non-hydrogen) atoms. The number of rotatable bonds is 5. The van der Waals surface area contributed by atoms with Crippen LogP contribution in [0.3, 0.4) is 0 Å². The SMILES string of the molecule is CC(=O)c1cc(C(C)=O)cc(C(C)=O)c1.COc1ccc(C)cc1OC. The Balaban J connectivity index is 0.000000273. The van der Waals surface area contributed by atoms with Crippen LogP contribution in [0.1, 0.15) is 57.4 Å². The predicted octanol–water partition coefficient (Wildman–Crippen LogP) is 4.31. The first-order chi connectivity index (χ1) is 12.2. The van der Waals surface area contributed by atoms with Gasteiger partial charge in [-0.3, -0.25) is 14.4 Å². The summed E-state index contributed by atoms with van der Waals surface area (Å²) in [6.45, 7) is 6.23. The van der Waals surface area contributed by atoms with Crippen molar-refractivity contribution in [3.63, 3.8) is 0 Å². The Labute approximate surface area is 153 Å². The van der Waals surface area contributed by atoms with Crippen molar-refractivity contribution in [2.45, 2.75) is 27.7 Å². The van der Waals surface area contributed by atoms with Gasteiger partial charge in [-0.25, -0.2) is 0 Å². The van der Waals surface area contributed by atoms with Gasteiger partial charge in [0.25, 0.3) is 0 Å². The molecule has 5 heteroatoms. The van der Waals surface area contributed by atoms with Crippen LogP contribution < -0.4 is 9.47 Å². The van der Waals surface area contributed by atoms with Crippen LogP contribution in [0.2, 0.25) is 0 Å². The van der Waals surface area contributed by atoms with E-state index in [1.165, 1.54) is 44.5 Å². The van der Waals surface area contributed by atoms with Crippen LogP contribution in [0.4, 0.5) is 0 Å². The molecule has 0 atom stereocenters. The molecular weight excluding hydrogens is 332 g/mol. The molecule has 0 spiro atoms. The van der Waals surface area contributed by atoms with E-state index in [-0.39, 0.29) is 17.3 Å². The molecule has 0 amide bonds. The average Bonchev–Trinajstić information content (AvgIpc) is 2.61. The lowest BCUT2D eigenvalue weighted by atomic mass is 10.00. The molecule has 0 saturated heterocycles. The van der Waals surface area contributed by atoms with E-state index < -0.39 is 0 Å². The number of benzene rings is 2. The first kappa shape index (κ1) is 21.1. The summed E-state index contributed by atoms with van der Waals surface area (Å²) in [5.74, 6) is 1.10. The summed E-state index contributed by atoms with van der Waals surface area (Å²) in [6, 6.07) is 10.4. The molecule has 0 heterocycles. The number of hydrogen-bond donors (Lipinski definition) is 0. The zero-order chi connectivity index (χ0) is 19.9. The standard InChI is InChI=1S/C12H12O3.C9H12O2/c1-7(13)10-4-11(8(2)14)6-12(5-10)9(3)15;1-7-4-5-8(10-2)9(6-7)11-3/h4-6H,1-3H3;4-6H,1-3H3. The molecule has 138 valence electrons. The van der Waals surface area contributed by atoms with Gasteiger partial charge in [0.15, 0.2) is 28.8 Å². The summed E-state index contributed by atoms with van der Waals surface area (Å²) >= 11 is 0. The van der Waals surface area contributed by atoms with Crippen molar-refractivity contribution < 1.29 is 23.9 Å². The van der Waals surface area contributed by atoms with Gasteiger partial charge in [0.05, 0.1) is 14.2 Å². The third-order valence-electron chi connectivity index (χ3n) is 3.69. The maximum absolute atomic E-state index is 11.2. The Hall–Kier alpha value is -2.95. The second kappa shape index (κ2) is 9.51. The second-order valence-corrected chi connectivity index (χ2v) is 5.83. The number of ether oxygens (including phenoxy) is 2. The summed E-state index contributed by atoms with van der Waals surface area (Å²) < 4.78 is 10.2. The van der Waals surface area contributed by atoms with E-state index in [4.69, 9.17) is 9.47 Å². The number of methoxy groups -OCH3 is 2. The van der Waals surface area contributed by atoms with Gasteiger partial charge in [0.2, 0.25) is 0 Å². The van der Waals surface area contributed by atoms with E-state index in [0.717, 1.165) is 11.5 Å². The van der Waals surface area contributed by atoms with Crippen molar-refractivity contribution >= 4 is 17.3 Å². The molecule has 0 aliphatic carbocycles. The van der Waals surface area contributed by atoms with Crippen molar-refractivity contribution in [1.29, 1.82) is 0 Å². The summed E-state index contributed by atoms with van der Waals surface area (Å²) in [5, 5.41) is 0. The number of carbonyl (C=O) groups is 3. The molecule has 5 nitrogen and oxygen atoms in total. The molecule has 0 N–H and O–H groups in total. The van der Waals surface area contributed by atoms with Crippen molar-refractivity contribution in [1.82, 2.24) is 0 Å². The smallest absolute Gasteiger partial charge is 0.160 e. The molecule has 0 aliphatic rings. The minimum Gasteiger partial charge on any atom is -0.493 e. The van der Waals surface area contributed by atoms with Gasteiger partial charge in [-0.1, -0.05) is 6.07 Å². The van der Waals surface area contributed by atoms with Crippen LogP contribution >= 0.6 is 0 Å². The molecule has 0 fully saturated rings. The minimum absolute atomic E-state index is 0.152. The van der Waals surface area contributed by atoms with E-state index in [9.17, 15) is 14.4 Å². The number of ketones is 3. The Kier molecular flexibility index (Phi) is 7.72. The van der Waals surface area contributed by atoms with E-state index in [1.807, 2.05) is 25.1 Å². The summed E-state index contributed by atoms with van der Waals surface area (Å²) in [7, 11) is 3.27. The molecule has 0 bridgehead atoms. The van der Waals surface area contributed by atoms with E-state index >= 15 is 0 Å². The topological polar surface area (TPSA) is 69.7 Å². The molecule has 2 aromatic carbocycles. The summed E-state index contributed by atoms with van der Waals surface area (Å²) in [6.07, 6.45) is 0. The van der Waals surface area contributed by atoms with Crippen LogP contribution in [-0.4, -0.2) is 31.6 Å². The lowest BCUT2D eigenvalue weighted by Crippen LogP contribution is -2.03. The fourth-order valence-electron chi connectivity index (χ4n) is 2.18. The maximum Gasteiger partial charge on any atom is 0.160 e. The Morgan fingerprint density at radius 2 is 1.04 bits per heavy atom. The van der Waals surface area contributed by atoms with Crippen molar-refractivity contribution in [2.75, 3.05) is 14.2 Å². The molecule has 0 radical (unpaired) electrons. The molecule has 0 aliphatic heterocycles. The molecule has 0 unspecified atom stereocenters. The number of hydrogen-bond acceptors (Lipinski definition) is 5. The number of aryl methyl sites for hydroxylation is 1. The predicted molar refractivity (Wildman–Crippen MR) is 101 cm³/mol. The molecule has 2 aromatic rings. The second-order valence-electron chi connectivity index (χ2n) is 5.83. The first-order valence-electron chi connectivity index (χ1n) is 8.06. The fraction of sp³-hybridized carbons (Fsp3) is 0.286. The highest BCUT2D eigenvalue weighted by Gasteiger charge is 2.09. The Morgan fingerprint density at radius 3 is 1.35 bits per heavy atom. The van der Waals surface area contributed by atoms with Crippen molar-refractivity contribution in [3.8, 4) is 11.5 Å². The highest BCUT2D eigenvalue weighted by Crippen LogP contribution is 2.26. The van der Waals surface area contributed by atoms with Crippen molar-refractivity contribution in [2.24, 2.45) is 0 Å². The first-order valence-corrected chi connectivity index (χ1v) is 8.06. The van der Waals surface area contributed by atoms with E-state index in [1.54, 1.807) is 14.2 Å². The van der Waals surface area contributed by atoms with E-state index in [2.05, 4.69) is 0 Å². The third kappa shape index (κ3) is 5.84. The van der Waals surface area contributed by atoms with Crippen LogP contribution in [0, 0.1) is 6.92 Å². The van der Waals surface area contributed by atoms with Gasteiger partial charge in [0.1, 0.15) is 0 Å². The number of carbonyl (C=O) groups excluding carboxylic acids is 3. The summed E-state index contributed by atoms with van der Waals surface area (Å²) in [5.41, 5.74) is 2.36. The van der Waals surface area contributed by atoms with Crippen LogP contribution in [-0.2, 0) is 0 Å². The number of Topliss-reactive ketones (excluding diaryl/α,β-unsaturated/α-hetero) is 3. The van der Waals surface area contributed by atoms with Gasteiger partial charge < -0.3 is 9.47 Å². The quantitative estimate of drug-likeness (QED) is 0.747. The highest BCUT2D eigenvalue weighted by atomic mass is 16.5. The highest BCUT2D eigenvalue weighted by molar-refractivity contribution is 6.04. The lowest BCUT2D eigenvalue weighted by Gasteiger charge is -2.06. The minimum atomic E-state index is -0.152. The van der Waals surface area contributed by atoms with Gasteiger partial charge in [0, 0.05) is 16.7 Å². The molecule has 2 rings (SSSR count). The molecule has 0 aromatic heterocycles. The zero-order valence-electron chi connectivity index (χ0n) is 16.0. The van der Waals surface area contributed by atoms with Gasteiger partial charge in [-0.05, 0) is 63.6 Å². The van der Waals surface area contributed by atoms with Crippen LogP contribution in [0.25, 0.3) is 0 Å². The Morgan fingerprint density at radius 1 is 0.654 bits per heavy atom. The van der Waals surface area contributed by atoms with Crippen molar-refractivity contribution in [3.05, 3.63) is 58.7 Å². The average molecular weight is 356 g/mol. The Bertz CT molecular complexity index is 742. The van der Waals surface area contributed by atoms with Gasteiger partial charge in [-0.15, -0.1) is 0 Å². The molecule has 0 saturated carbocycles. The summed E-state index contributed by atoms with van der Waals surface area (Å²) in [4.78, 5) is 33.5. The van der Waals surface area contributed by atoms with Gasteiger partial charge in [-0.2, -0.15) is 0 Å². The van der Waals surface area contributed by atoms with Crippen LogP contribution in [0.5, 0.6) is 11.5 Å². The maximum atomic E-state index is 11.2. The van der Waals surface area contributed by atoms with E-state index in [0.29, 0.717) is 16.7 Å². The monoisotopic (exact) mass is 356 g/mol. The lowest BCUT2D eigenvalue weighted by molar-refractivity contribution is 0.101. The van der Waals surface area contributed by atoms with Crippen LogP contribution in [0.15, 0.2) is 36.4 Å². The molecular formula is C21H24O5. The van der Waals surface area contributed by atoms with Gasteiger partial charge >= 0.3 is 0 Å². The third-order valence-corrected chi connectivity index (χ3v) is 3.69.